The molecule has 0 N–H and O–H groups in total. The summed E-state index contributed by atoms with van der Waals surface area (Å²) in [4.78, 5) is 20.6. The zero-order chi connectivity index (χ0) is 21.8. The van der Waals surface area contributed by atoms with Gasteiger partial charge in [-0.2, -0.15) is 13.9 Å². The van der Waals surface area contributed by atoms with Gasteiger partial charge in [-0.1, -0.05) is 0 Å². The van der Waals surface area contributed by atoms with Crippen LogP contribution in [0.25, 0.3) is 11.2 Å². The van der Waals surface area contributed by atoms with Crippen LogP contribution < -0.4 is 9.80 Å². The Morgan fingerprint density at radius 1 is 1.03 bits per heavy atom. The highest BCUT2D eigenvalue weighted by Gasteiger charge is 2.48. The lowest BCUT2D eigenvalue weighted by Gasteiger charge is -2.49. The van der Waals surface area contributed by atoms with E-state index in [9.17, 15) is 17.6 Å². The van der Waals surface area contributed by atoms with E-state index in [1.165, 1.54) is 23.3 Å². The largest absolute Gasteiger partial charge is 0.368 e. The highest BCUT2D eigenvalue weighted by molar-refractivity contribution is 5.71. The van der Waals surface area contributed by atoms with Crippen molar-refractivity contribution in [3.63, 3.8) is 0 Å². The average Bonchev–Trinajstić information content (AvgIpc) is 3.31. The molecule has 1 spiro atoms. The number of aromatic nitrogens is 6. The molecule has 0 aromatic carbocycles. The van der Waals surface area contributed by atoms with Gasteiger partial charge in [-0.15, -0.1) is 0 Å². The molecule has 8 nitrogen and oxygen atoms in total. The maximum Gasteiger partial charge on any atom is 0.303 e. The van der Waals surface area contributed by atoms with E-state index in [2.05, 4.69) is 34.8 Å². The van der Waals surface area contributed by atoms with Gasteiger partial charge in [-0.3, -0.25) is 0 Å². The highest BCUT2D eigenvalue weighted by Crippen LogP contribution is 2.42. The fourth-order valence-corrected chi connectivity index (χ4v) is 4.30. The molecule has 0 saturated carbocycles. The number of alkyl halides is 4. The minimum atomic E-state index is -3.06. The van der Waals surface area contributed by atoms with Crippen LogP contribution in [0.15, 0.2) is 24.8 Å². The lowest BCUT2D eigenvalue weighted by atomic mass is 9.79. The van der Waals surface area contributed by atoms with Crippen LogP contribution in [0.2, 0.25) is 0 Å². The minimum absolute atomic E-state index is 0.0488. The molecule has 5 rings (SSSR count). The number of fused-ring (bicyclic) bond motifs is 1. The van der Waals surface area contributed by atoms with Crippen LogP contribution in [-0.4, -0.2) is 62.3 Å². The first-order chi connectivity index (χ1) is 14.7. The van der Waals surface area contributed by atoms with Crippen molar-refractivity contribution in [3.8, 4) is 0 Å². The molecule has 0 atom stereocenters. The third-order valence-corrected chi connectivity index (χ3v) is 5.85. The van der Waals surface area contributed by atoms with Crippen molar-refractivity contribution in [1.29, 1.82) is 0 Å². The monoisotopic (exact) mass is 436 g/mol. The molecule has 164 valence electrons. The van der Waals surface area contributed by atoms with E-state index in [0.29, 0.717) is 22.7 Å². The van der Waals surface area contributed by atoms with E-state index >= 15 is 0 Å². The maximum absolute atomic E-state index is 13.3. The third-order valence-electron chi connectivity index (χ3n) is 5.85. The summed E-state index contributed by atoms with van der Waals surface area (Å²) in [6.45, 7) is 3.29. The van der Waals surface area contributed by atoms with Crippen molar-refractivity contribution in [3.05, 3.63) is 30.6 Å². The van der Waals surface area contributed by atoms with Crippen LogP contribution in [0.5, 0.6) is 0 Å². The smallest absolute Gasteiger partial charge is 0.303 e. The van der Waals surface area contributed by atoms with Crippen LogP contribution in [0, 0.1) is 5.41 Å². The van der Waals surface area contributed by atoms with Gasteiger partial charge in [0, 0.05) is 38.5 Å². The van der Waals surface area contributed by atoms with Crippen LogP contribution in [0.1, 0.15) is 19.2 Å². The molecular formula is C19H20F4N8. The lowest BCUT2D eigenvalue weighted by Crippen LogP contribution is -2.57. The Balaban J connectivity index is 1.27. The van der Waals surface area contributed by atoms with E-state index in [-0.39, 0.29) is 5.41 Å². The second-order valence-corrected chi connectivity index (χ2v) is 8.34. The van der Waals surface area contributed by atoms with Crippen molar-refractivity contribution in [1.82, 2.24) is 29.7 Å². The Morgan fingerprint density at radius 2 is 1.74 bits per heavy atom. The quantitative estimate of drug-likeness (QED) is 0.570. The molecule has 0 amide bonds. The number of halogens is 4. The Labute approximate surface area is 174 Å². The van der Waals surface area contributed by atoms with E-state index in [0.717, 1.165) is 39.5 Å². The molecule has 2 aliphatic heterocycles. The standard InChI is InChI=1S/C19H20F4N8/c1-18(22,23)17-25-4-12(5-26-17)30-10-19(11-30)2-3-29(9-19)15-7-24-13-6-27-31(8-14(20)21)16(13)28-15/h4-7,14H,2-3,8-11H2,1H3. The van der Waals surface area contributed by atoms with Gasteiger partial charge >= 0.3 is 5.92 Å². The second-order valence-electron chi connectivity index (χ2n) is 8.34. The Morgan fingerprint density at radius 3 is 2.42 bits per heavy atom. The summed E-state index contributed by atoms with van der Waals surface area (Å²) in [6, 6.07) is 0. The molecule has 12 heteroatoms. The van der Waals surface area contributed by atoms with Crippen molar-refractivity contribution in [2.24, 2.45) is 5.41 Å². The minimum Gasteiger partial charge on any atom is -0.368 e. The van der Waals surface area contributed by atoms with E-state index in [1.807, 2.05) is 0 Å². The molecular weight excluding hydrogens is 416 g/mol. The van der Waals surface area contributed by atoms with Crippen molar-refractivity contribution in [2.45, 2.75) is 32.2 Å². The van der Waals surface area contributed by atoms with Crippen LogP contribution in [0.4, 0.5) is 29.1 Å². The van der Waals surface area contributed by atoms with Gasteiger partial charge in [0.05, 0.1) is 30.5 Å². The molecule has 0 unspecified atom stereocenters. The SMILES string of the molecule is CC(F)(F)c1ncc(N2CC3(CCN(c4cnc5cnn(CC(F)F)c5n4)C3)C2)cn1. The molecule has 2 fully saturated rings. The molecule has 2 aliphatic rings. The lowest BCUT2D eigenvalue weighted by molar-refractivity contribution is 0.00767. The number of hydrogen-bond donors (Lipinski definition) is 0. The molecule has 3 aromatic heterocycles. The number of anilines is 2. The fraction of sp³-hybridized carbons (Fsp3) is 0.526. The van der Waals surface area contributed by atoms with Gasteiger partial charge in [0.1, 0.15) is 17.9 Å². The normalized spacial score (nSPS) is 18.4. The molecule has 0 radical (unpaired) electrons. The van der Waals surface area contributed by atoms with Crippen LogP contribution in [-0.2, 0) is 12.5 Å². The molecule has 5 heterocycles. The van der Waals surface area contributed by atoms with E-state index in [1.54, 1.807) is 6.20 Å². The topological polar surface area (TPSA) is 75.9 Å². The predicted molar refractivity (Wildman–Crippen MR) is 104 cm³/mol. The van der Waals surface area contributed by atoms with Crippen molar-refractivity contribution in [2.75, 3.05) is 36.0 Å². The number of rotatable bonds is 5. The Kier molecular flexibility index (Phi) is 4.48. The first-order valence-electron chi connectivity index (χ1n) is 9.89. The summed E-state index contributed by atoms with van der Waals surface area (Å²) in [6.07, 6.45) is 4.36. The Bertz CT molecular complexity index is 1090. The predicted octanol–water partition coefficient (Wildman–Crippen LogP) is 2.71. The van der Waals surface area contributed by atoms with Crippen LogP contribution in [0.3, 0.4) is 0 Å². The van der Waals surface area contributed by atoms with Gasteiger partial charge < -0.3 is 9.80 Å². The highest BCUT2D eigenvalue weighted by atomic mass is 19.3. The van der Waals surface area contributed by atoms with Crippen molar-refractivity contribution < 1.29 is 17.6 Å². The summed E-state index contributed by atoms with van der Waals surface area (Å²) in [5.41, 5.74) is 1.59. The molecule has 2 saturated heterocycles. The Hall–Kier alpha value is -3.05. The molecule has 31 heavy (non-hydrogen) atoms. The first-order valence-corrected chi connectivity index (χ1v) is 9.89. The summed E-state index contributed by atoms with van der Waals surface area (Å²) in [5.74, 6) is -2.91. The molecule has 0 aliphatic carbocycles. The van der Waals surface area contributed by atoms with Gasteiger partial charge in [0.15, 0.2) is 11.5 Å². The van der Waals surface area contributed by atoms with Gasteiger partial charge in [0.2, 0.25) is 0 Å². The van der Waals surface area contributed by atoms with Gasteiger partial charge in [0.25, 0.3) is 6.43 Å². The molecule has 3 aromatic rings. The summed E-state index contributed by atoms with van der Waals surface area (Å²) in [7, 11) is 0. The summed E-state index contributed by atoms with van der Waals surface area (Å²) < 4.78 is 53.3. The summed E-state index contributed by atoms with van der Waals surface area (Å²) in [5, 5.41) is 3.95. The number of nitrogens with zero attached hydrogens (tertiary/aromatic N) is 8. The van der Waals surface area contributed by atoms with Gasteiger partial charge in [-0.25, -0.2) is 33.4 Å². The maximum atomic E-state index is 13.3. The zero-order valence-corrected chi connectivity index (χ0v) is 16.7. The first kappa shape index (κ1) is 19.9. The third kappa shape index (κ3) is 3.63. The molecule has 0 bridgehead atoms. The number of hydrogen-bond acceptors (Lipinski definition) is 7. The summed E-state index contributed by atoms with van der Waals surface area (Å²) >= 11 is 0. The van der Waals surface area contributed by atoms with E-state index < -0.39 is 24.7 Å². The van der Waals surface area contributed by atoms with Crippen LogP contribution >= 0.6 is 0 Å². The van der Waals surface area contributed by atoms with Crippen molar-refractivity contribution >= 4 is 22.7 Å². The zero-order valence-electron chi connectivity index (χ0n) is 16.7. The average molecular weight is 436 g/mol. The van der Waals surface area contributed by atoms with Gasteiger partial charge in [-0.05, 0) is 6.42 Å². The van der Waals surface area contributed by atoms with E-state index in [4.69, 9.17) is 0 Å². The fourth-order valence-electron chi connectivity index (χ4n) is 4.30. The second kappa shape index (κ2) is 6.99.